The van der Waals surface area contributed by atoms with Crippen LogP contribution >= 0.6 is 23.4 Å². The quantitative estimate of drug-likeness (QED) is 0.0851. The maximum Gasteiger partial charge on any atom is 0.251 e. The van der Waals surface area contributed by atoms with Crippen molar-refractivity contribution in [2.45, 2.75) is 29.8 Å². The highest BCUT2D eigenvalue weighted by molar-refractivity contribution is 7.98. The molecule has 0 bridgehead atoms. The fourth-order valence-electron chi connectivity index (χ4n) is 5.82. The molecule has 46 heavy (non-hydrogen) atoms. The van der Waals surface area contributed by atoms with Crippen LogP contribution in [0, 0.1) is 0 Å². The molecule has 1 aliphatic heterocycles. The average Bonchev–Trinajstić information content (AvgIpc) is 3.11. The third-order valence-electron chi connectivity index (χ3n) is 8.31. The van der Waals surface area contributed by atoms with Crippen molar-refractivity contribution in [3.05, 3.63) is 154 Å². The average molecular weight is 648 g/mol. The van der Waals surface area contributed by atoms with Crippen LogP contribution in [0.4, 0.5) is 5.82 Å². The van der Waals surface area contributed by atoms with E-state index < -0.39 is 0 Å². The number of hydrogen-bond acceptors (Lipinski definition) is 6. The summed E-state index contributed by atoms with van der Waals surface area (Å²) < 4.78 is 0. The molecule has 4 aromatic carbocycles. The molecule has 2 heterocycles. The monoisotopic (exact) mass is 647 g/mol. The molecule has 1 saturated heterocycles. The Kier molecular flexibility index (Phi) is 11.0. The zero-order chi connectivity index (χ0) is 31.6. The molecule has 0 unspecified atom stereocenters. The van der Waals surface area contributed by atoms with E-state index in [4.69, 9.17) is 16.6 Å². The fraction of sp³-hybridized carbons (Fsp3) is 0.237. The summed E-state index contributed by atoms with van der Waals surface area (Å²) in [4.78, 5) is 27.0. The molecule has 1 N–H and O–H groups in total. The van der Waals surface area contributed by atoms with Gasteiger partial charge in [-0.25, -0.2) is 9.97 Å². The van der Waals surface area contributed by atoms with E-state index in [0.717, 1.165) is 50.5 Å². The lowest BCUT2D eigenvalue weighted by Crippen LogP contribution is -2.46. The second-order valence-corrected chi connectivity index (χ2v) is 12.8. The molecule has 1 aromatic heterocycles. The lowest BCUT2D eigenvalue weighted by Gasteiger charge is -2.35. The Morgan fingerprint density at radius 1 is 0.761 bits per heavy atom. The number of rotatable bonds is 12. The number of nitrogens with zero attached hydrogens (tertiary/aromatic N) is 4. The Morgan fingerprint density at radius 3 is 2.00 bits per heavy atom. The molecule has 1 amide bonds. The van der Waals surface area contributed by atoms with Gasteiger partial charge in [0.25, 0.3) is 5.91 Å². The number of aromatic nitrogens is 2. The highest BCUT2D eigenvalue weighted by atomic mass is 35.5. The largest absolute Gasteiger partial charge is 0.354 e. The number of carbonyl (C=O) groups is 1. The fourth-order valence-corrected chi connectivity index (χ4v) is 6.85. The first kappa shape index (κ1) is 31.8. The van der Waals surface area contributed by atoms with Gasteiger partial charge in [-0.05, 0) is 40.8 Å². The van der Waals surface area contributed by atoms with Crippen LogP contribution < -0.4 is 10.2 Å². The molecular formula is C38H38ClN5OS. The zero-order valence-electron chi connectivity index (χ0n) is 25.8. The number of thioether (sulfide) groups is 1. The minimum Gasteiger partial charge on any atom is -0.354 e. The standard InChI is InChI=1S/C38H38ClN5OS/c39-35-26-36(44-24-22-43(23-25-44)27-29-10-4-1-5-11-29)42-38(41-35)46-28-30-16-18-33(19-17-30)37(45)40-21-20-34(31-12-6-2-7-13-31)32-14-8-3-9-15-32/h1-19,26,34H,20-25,27-28H2,(H,40,45). The third kappa shape index (κ3) is 8.75. The Hall–Kier alpha value is -4.17. The molecule has 0 saturated carbocycles. The van der Waals surface area contributed by atoms with Crippen LogP contribution in [0.25, 0.3) is 0 Å². The molecular weight excluding hydrogens is 610 g/mol. The first-order chi connectivity index (χ1) is 22.6. The van der Waals surface area contributed by atoms with Gasteiger partial charge in [-0.1, -0.05) is 126 Å². The van der Waals surface area contributed by atoms with E-state index >= 15 is 0 Å². The van der Waals surface area contributed by atoms with Crippen molar-refractivity contribution in [2.75, 3.05) is 37.6 Å². The van der Waals surface area contributed by atoms with Gasteiger partial charge in [0.05, 0.1) is 0 Å². The Morgan fingerprint density at radius 2 is 1.37 bits per heavy atom. The normalized spacial score (nSPS) is 13.6. The summed E-state index contributed by atoms with van der Waals surface area (Å²) in [7, 11) is 0. The van der Waals surface area contributed by atoms with Crippen molar-refractivity contribution < 1.29 is 4.79 Å². The predicted molar refractivity (Wildman–Crippen MR) is 189 cm³/mol. The lowest BCUT2D eigenvalue weighted by molar-refractivity contribution is 0.0953. The number of anilines is 1. The Balaban J connectivity index is 0.989. The second kappa shape index (κ2) is 15.9. The van der Waals surface area contributed by atoms with Crippen molar-refractivity contribution in [2.24, 2.45) is 0 Å². The summed E-state index contributed by atoms with van der Waals surface area (Å²) in [6.45, 7) is 5.28. The number of halogens is 1. The summed E-state index contributed by atoms with van der Waals surface area (Å²) >= 11 is 7.98. The van der Waals surface area contributed by atoms with E-state index in [9.17, 15) is 4.79 Å². The highest BCUT2D eigenvalue weighted by Crippen LogP contribution is 2.28. The van der Waals surface area contributed by atoms with Gasteiger partial charge in [-0.15, -0.1) is 0 Å². The molecule has 0 atom stereocenters. The van der Waals surface area contributed by atoms with Gasteiger partial charge in [0.2, 0.25) is 0 Å². The minimum absolute atomic E-state index is 0.0641. The number of benzene rings is 4. The van der Waals surface area contributed by atoms with Gasteiger partial charge in [0.1, 0.15) is 11.0 Å². The first-order valence-electron chi connectivity index (χ1n) is 15.8. The summed E-state index contributed by atoms with van der Waals surface area (Å²) in [6, 6.07) is 41.2. The van der Waals surface area contributed by atoms with Crippen molar-refractivity contribution in [1.82, 2.24) is 20.2 Å². The first-order valence-corrected chi connectivity index (χ1v) is 17.1. The molecule has 8 heteroatoms. The van der Waals surface area contributed by atoms with Gasteiger partial charge in [-0.3, -0.25) is 9.69 Å². The van der Waals surface area contributed by atoms with E-state index in [2.05, 4.69) is 99.0 Å². The predicted octanol–water partition coefficient (Wildman–Crippen LogP) is 7.70. The van der Waals surface area contributed by atoms with E-state index in [1.165, 1.54) is 16.7 Å². The van der Waals surface area contributed by atoms with Crippen molar-refractivity contribution in [3.63, 3.8) is 0 Å². The number of carbonyl (C=O) groups excluding carboxylic acids is 1. The molecule has 1 aliphatic rings. The summed E-state index contributed by atoms with van der Waals surface area (Å²) in [5, 5.41) is 4.22. The smallest absolute Gasteiger partial charge is 0.251 e. The lowest BCUT2D eigenvalue weighted by atomic mass is 9.88. The van der Waals surface area contributed by atoms with Crippen molar-refractivity contribution in [1.29, 1.82) is 0 Å². The van der Waals surface area contributed by atoms with Crippen LogP contribution in [0.5, 0.6) is 0 Å². The minimum atomic E-state index is -0.0641. The van der Waals surface area contributed by atoms with Crippen LogP contribution in [0.15, 0.2) is 126 Å². The molecule has 1 fully saturated rings. The maximum atomic E-state index is 13.0. The van der Waals surface area contributed by atoms with E-state index in [0.29, 0.717) is 28.2 Å². The number of hydrogen-bond donors (Lipinski definition) is 1. The van der Waals surface area contributed by atoms with Gasteiger partial charge in [0, 0.05) is 62.6 Å². The van der Waals surface area contributed by atoms with Crippen LogP contribution in [-0.4, -0.2) is 53.5 Å². The molecule has 5 aromatic rings. The SMILES string of the molecule is O=C(NCCC(c1ccccc1)c1ccccc1)c1ccc(CSc2nc(Cl)cc(N3CCN(Cc4ccccc4)CC3)n2)cc1. The van der Waals surface area contributed by atoms with Crippen molar-refractivity contribution >= 4 is 35.1 Å². The van der Waals surface area contributed by atoms with Gasteiger partial charge < -0.3 is 10.2 Å². The van der Waals surface area contributed by atoms with E-state index in [-0.39, 0.29) is 11.8 Å². The number of nitrogens with one attached hydrogen (secondary N) is 1. The van der Waals surface area contributed by atoms with Crippen LogP contribution in [0.2, 0.25) is 5.15 Å². The number of amides is 1. The Labute approximate surface area is 280 Å². The molecule has 0 aliphatic carbocycles. The molecule has 0 spiro atoms. The van der Waals surface area contributed by atoms with Gasteiger partial charge >= 0.3 is 0 Å². The zero-order valence-corrected chi connectivity index (χ0v) is 27.3. The van der Waals surface area contributed by atoms with Crippen LogP contribution in [-0.2, 0) is 12.3 Å². The molecule has 6 nitrogen and oxygen atoms in total. The second-order valence-electron chi connectivity index (χ2n) is 11.5. The molecule has 0 radical (unpaired) electrons. The van der Waals surface area contributed by atoms with Crippen LogP contribution in [0.1, 0.15) is 45.0 Å². The third-order valence-corrected chi connectivity index (χ3v) is 9.42. The van der Waals surface area contributed by atoms with Gasteiger partial charge in [0.15, 0.2) is 5.16 Å². The molecule has 6 rings (SSSR count). The van der Waals surface area contributed by atoms with E-state index in [1.807, 2.05) is 42.5 Å². The number of piperazine rings is 1. The summed E-state index contributed by atoms with van der Waals surface area (Å²) in [5.41, 5.74) is 5.58. The Bertz CT molecular complexity index is 1640. The summed E-state index contributed by atoms with van der Waals surface area (Å²) in [5.74, 6) is 1.71. The van der Waals surface area contributed by atoms with Crippen LogP contribution in [0.3, 0.4) is 0 Å². The maximum absolute atomic E-state index is 13.0. The van der Waals surface area contributed by atoms with Crippen molar-refractivity contribution in [3.8, 4) is 0 Å². The summed E-state index contributed by atoms with van der Waals surface area (Å²) in [6.07, 6.45) is 0.819. The topological polar surface area (TPSA) is 61.4 Å². The molecule has 234 valence electrons. The van der Waals surface area contributed by atoms with E-state index in [1.54, 1.807) is 11.8 Å². The van der Waals surface area contributed by atoms with Gasteiger partial charge in [-0.2, -0.15) is 0 Å². The highest BCUT2D eigenvalue weighted by Gasteiger charge is 2.20.